The molecule has 0 amide bonds. The Morgan fingerprint density at radius 2 is 1.76 bits per heavy atom. The maximum atomic E-state index is 6.08. The molecule has 0 spiro atoms. The molecule has 29 heavy (non-hydrogen) atoms. The van der Waals surface area contributed by atoms with Crippen LogP contribution in [-0.4, -0.2) is 16.5 Å². The summed E-state index contributed by atoms with van der Waals surface area (Å²) in [5.74, 6) is 1.85. The smallest absolute Gasteiger partial charge is 0.124 e. The molecule has 4 rings (SSSR count). The van der Waals surface area contributed by atoms with Gasteiger partial charge in [0.05, 0.1) is 21.1 Å². The SMILES string of the molecule is Clc1ccc(COc2ccccc2CNCCc2nc3ccccc3[nH]2)cc1Cl. The molecule has 148 valence electrons. The molecule has 4 aromatic rings. The van der Waals surface area contributed by atoms with Gasteiger partial charge in [0.2, 0.25) is 0 Å². The second-order valence-corrected chi connectivity index (χ2v) is 7.59. The van der Waals surface area contributed by atoms with Crippen molar-refractivity contribution in [1.29, 1.82) is 0 Å². The summed E-state index contributed by atoms with van der Waals surface area (Å²) >= 11 is 12.1. The number of hydrogen-bond acceptors (Lipinski definition) is 3. The Morgan fingerprint density at radius 1 is 0.931 bits per heavy atom. The molecule has 4 nitrogen and oxygen atoms in total. The molecule has 0 saturated carbocycles. The van der Waals surface area contributed by atoms with Crippen LogP contribution in [0.5, 0.6) is 5.75 Å². The summed E-state index contributed by atoms with van der Waals surface area (Å²) in [6.45, 7) is 1.98. The number of H-pyrrole nitrogens is 1. The largest absolute Gasteiger partial charge is 0.489 e. The molecule has 0 aliphatic heterocycles. The fraction of sp³-hybridized carbons (Fsp3) is 0.174. The van der Waals surface area contributed by atoms with E-state index in [9.17, 15) is 0 Å². The molecule has 1 aromatic heterocycles. The summed E-state index contributed by atoms with van der Waals surface area (Å²) in [4.78, 5) is 7.97. The number of imidazole rings is 1. The zero-order chi connectivity index (χ0) is 20.1. The summed E-state index contributed by atoms with van der Waals surface area (Å²) in [6.07, 6.45) is 0.834. The normalized spacial score (nSPS) is 11.1. The number of para-hydroxylation sites is 3. The molecule has 0 atom stereocenters. The summed E-state index contributed by atoms with van der Waals surface area (Å²) in [5.41, 5.74) is 4.16. The summed E-state index contributed by atoms with van der Waals surface area (Å²) in [5, 5.41) is 4.55. The van der Waals surface area contributed by atoms with Crippen LogP contribution in [0.3, 0.4) is 0 Å². The first-order valence-electron chi connectivity index (χ1n) is 9.48. The molecule has 0 bridgehead atoms. The molecule has 0 radical (unpaired) electrons. The summed E-state index contributed by atoms with van der Waals surface area (Å²) < 4.78 is 6.01. The zero-order valence-corrected chi connectivity index (χ0v) is 17.3. The van der Waals surface area contributed by atoms with Crippen LogP contribution in [-0.2, 0) is 19.6 Å². The van der Waals surface area contributed by atoms with Crippen molar-refractivity contribution in [2.24, 2.45) is 0 Å². The van der Waals surface area contributed by atoms with E-state index in [1.165, 1.54) is 0 Å². The average molecular weight is 426 g/mol. The van der Waals surface area contributed by atoms with Crippen LogP contribution in [0.4, 0.5) is 0 Å². The Kier molecular flexibility index (Phi) is 6.35. The third kappa shape index (κ3) is 5.10. The third-order valence-electron chi connectivity index (χ3n) is 4.64. The molecule has 6 heteroatoms. The van der Waals surface area contributed by atoms with E-state index in [-0.39, 0.29) is 0 Å². The lowest BCUT2D eigenvalue weighted by atomic mass is 10.2. The van der Waals surface area contributed by atoms with Gasteiger partial charge in [0.15, 0.2) is 0 Å². The van der Waals surface area contributed by atoms with E-state index >= 15 is 0 Å². The molecule has 3 aromatic carbocycles. The number of aromatic nitrogens is 2. The Bertz CT molecular complexity index is 1080. The number of halogens is 2. The van der Waals surface area contributed by atoms with Gasteiger partial charge in [-0.3, -0.25) is 0 Å². The highest BCUT2D eigenvalue weighted by Crippen LogP contribution is 2.24. The maximum absolute atomic E-state index is 6.08. The van der Waals surface area contributed by atoms with Crippen LogP contribution >= 0.6 is 23.2 Å². The molecule has 0 aliphatic carbocycles. The van der Waals surface area contributed by atoms with Gasteiger partial charge in [0, 0.05) is 25.1 Å². The Balaban J connectivity index is 1.31. The molecule has 0 saturated heterocycles. The van der Waals surface area contributed by atoms with E-state index in [1.54, 1.807) is 6.07 Å². The summed E-state index contributed by atoms with van der Waals surface area (Å²) in [6, 6.07) is 21.6. The highest BCUT2D eigenvalue weighted by atomic mass is 35.5. The second kappa shape index (κ2) is 9.31. The van der Waals surface area contributed by atoms with Crippen LogP contribution in [0.15, 0.2) is 66.7 Å². The van der Waals surface area contributed by atoms with Gasteiger partial charge in [-0.05, 0) is 35.9 Å². The quantitative estimate of drug-likeness (QED) is 0.351. The van der Waals surface area contributed by atoms with E-state index < -0.39 is 0 Å². The van der Waals surface area contributed by atoms with Crippen molar-refractivity contribution in [2.75, 3.05) is 6.54 Å². The highest BCUT2D eigenvalue weighted by molar-refractivity contribution is 6.42. The second-order valence-electron chi connectivity index (χ2n) is 6.77. The van der Waals surface area contributed by atoms with Crippen molar-refractivity contribution in [3.05, 3.63) is 93.7 Å². The number of aromatic amines is 1. The van der Waals surface area contributed by atoms with Crippen LogP contribution in [0, 0.1) is 0 Å². The fourth-order valence-electron chi connectivity index (χ4n) is 3.14. The van der Waals surface area contributed by atoms with Crippen LogP contribution in [0.25, 0.3) is 11.0 Å². The predicted octanol–water partition coefficient (Wildman–Crippen LogP) is 5.78. The first-order valence-corrected chi connectivity index (χ1v) is 10.2. The lowest BCUT2D eigenvalue weighted by Crippen LogP contribution is -2.17. The maximum Gasteiger partial charge on any atom is 0.124 e. The van der Waals surface area contributed by atoms with Gasteiger partial charge < -0.3 is 15.0 Å². The minimum Gasteiger partial charge on any atom is -0.489 e. The van der Waals surface area contributed by atoms with Crippen molar-refractivity contribution >= 4 is 34.2 Å². The van der Waals surface area contributed by atoms with Gasteiger partial charge in [-0.25, -0.2) is 4.98 Å². The topological polar surface area (TPSA) is 49.9 Å². The molecular formula is C23H21Cl2N3O. The van der Waals surface area contributed by atoms with Gasteiger partial charge in [-0.1, -0.05) is 59.6 Å². The first kappa shape index (κ1) is 19.8. The predicted molar refractivity (Wildman–Crippen MR) is 119 cm³/mol. The number of benzene rings is 3. The minimum atomic E-state index is 0.437. The molecule has 0 aliphatic rings. The molecular weight excluding hydrogens is 405 g/mol. The molecule has 1 heterocycles. The number of rotatable bonds is 8. The van der Waals surface area contributed by atoms with E-state index in [4.69, 9.17) is 27.9 Å². The lowest BCUT2D eigenvalue weighted by Gasteiger charge is -2.12. The number of fused-ring (bicyclic) bond motifs is 1. The monoisotopic (exact) mass is 425 g/mol. The minimum absolute atomic E-state index is 0.437. The molecule has 2 N–H and O–H groups in total. The van der Waals surface area contributed by atoms with Crippen LogP contribution < -0.4 is 10.1 Å². The molecule has 0 unspecified atom stereocenters. The number of ether oxygens (including phenoxy) is 1. The first-order chi connectivity index (χ1) is 14.2. The zero-order valence-electron chi connectivity index (χ0n) is 15.8. The number of hydrogen-bond donors (Lipinski definition) is 2. The van der Waals surface area contributed by atoms with Gasteiger partial charge in [-0.15, -0.1) is 0 Å². The van der Waals surface area contributed by atoms with E-state index in [0.717, 1.165) is 53.2 Å². The third-order valence-corrected chi connectivity index (χ3v) is 5.38. The Labute approximate surface area is 179 Å². The van der Waals surface area contributed by atoms with Crippen molar-refractivity contribution in [2.45, 2.75) is 19.6 Å². The fourth-order valence-corrected chi connectivity index (χ4v) is 3.46. The van der Waals surface area contributed by atoms with Gasteiger partial charge >= 0.3 is 0 Å². The Hall–Kier alpha value is -2.53. The Morgan fingerprint density at radius 3 is 2.62 bits per heavy atom. The van der Waals surface area contributed by atoms with Crippen LogP contribution in [0.1, 0.15) is 17.0 Å². The number of nitrogens with one attached hydrogen (secondary N) is 2. The number of nitrogens with zero attached hydrogens (tertiary/aromatic N) is 1. The van der Waals surface area contributed by atoms with E-state index in [2.05, 4.69) is 21.4 Å². The van der Waals surface area contributed by atoms with E-state index in [0.29, 0.717) is 16.7 Å². The van der Waals surface area contributed by atoms with E-state index in [1.807, 2.05) is 54.6 Å². The van der Waals surface area contributed by atoms with Crippen molar-refractivity contribution in [1.82, 2.24) is 15.3 Å². The van der Waals surface area contributed by atoms with Crippen molar-refractivity contribution < 1.29 is 4.74 Å². The van der Waals surface area contributed by atoms with Crippen molar-refractivity contribution in [3.63, 3.8) is 0 Å². The average Bonchev–Trinajstić information content (AvgIpc) is 3.16. The standard InChI is InChI=1S/C23H21Cl2N3O/c24-18-10-9-16(13-19(18)25)15-29-22-8-4-1-5-17(22)14-26-12-11-23-27-20-6-2-3-7-21(20)28-23/h1-10,13,26H,11-12,14-15H2,(H,27,28). The molecule has 0 fully saturated rings. The highest BCUT2D eigenvalue weighted by Gasteiger charge is 2.06. The van der Waals surface area contributed by atoms with Crippen molar-refractivity contribution in [3.8, 4) is 5.75 Å². The van der Waals surface area contributed by atoms with Gasteiger partial charge in [0.25, 0.3) is 0 Å². The van der Waals surface area contributed by atoms with Gasteiger partial charge in [-0.2, -0.15) is 0 Å². The summed E-state index contributed by atoms with van der Waals surface area (Å²) in [7, 11) is 0. The lowest BCUT2D eigenvalue weighted by molar-refractivity contribution is 0.302. The van der Waals surface area contributed by atoms with Gasteiger partial charge in [0.1, 0.15) is 18.2 Å². The van der Waals surface area contributed by atoms with Crippen LogP contribution in [0.2, 0.25) is 10.0 Å².